The first-order valence-corrected chi connectivity index (χ1v) is 7.87. The molecule has 3 rings (SSSR count). The summed E-state index contributed by atoms with van der Waals surface area (Å²) < 4.78 is 10.2. The molecule has 1 aromatic carbocycles. The first-order chi connectivity index (χ1) is 11.2. The Morgan fingerprint density at radius 2 is 2.17 bits per heavy atom. The van der Waals surface area contributed by atoms with Crippen LogP contribution in [0, 0.1) is 0 Å². The highest BCUT2D eigenvalue weighted by molar-refractivity contribution is 8.15. The normalized spacial score (nSPS) is 19.4. The third-order valence-corrected chi connectivity index (χ3v) is 4.31. The monoisotopic (exact) mass is 329 g/mol. The largest absolute Gasteiger partial charge is 0.497 e. The lowest BCUT2D eigenvalue weighted by Gasteiger charge is -2.06. The molecule has 1 amide bonds. The van der Waals surface area contributed by atoms with E-state index in [4.69, 9.17) is 9.15 Å². The van der Waals surface area contributed by atoms with Gasteiger partial charge in [0.1, 0.15) is 11.5 Å². The molecule has 0 radical (unpaired) electrons. The van der Waals surface area contributed by atoms with Crippen LogP contribution >= 0.6 is 11.8 Å². The Bertz CT molecular complexity index is 724. The second-order valence-electron chi connectivity index (χ2n) is 4.81. The predicted octanol–water partition coefficient (Wildman–Crippen LogP) is 2.45. The first-order valence-electron chi connectivity index (χ1n) is 6.99. The van der Waals surface area contributed by atoms with E-state index in [0.717, 1.165) is 11.3 Å². The number of amidine groups is 1. The molecule has 7 heteroatoms. The first kappa shape index (κ1) is 15.4. The smallest absolute Gasteiger partial charge is 0.239 e. The van der Waals surface area contributed by atoms with Crippen LogP contribution in [-0.4, -0.2) is 29.6 Å². The van der Waals surface area contributed by atoms with Gasteiger partial charge in [0.2, 0.25) is 5.91 Å². The number of furan rings is 1. The minimum absolute atomic E-state index is 0.0576. The van der Waals surface area contributed by atoms with Crippen molar-refractivity contribution in [3.8, 4) is 5.75 Å². The van der Waals surface area contributed by atoms with Gasteiger partial charge in [-0.15, -0.1) is 5.10 Å². The molecule has 0 aliphatic carbocycles. The number of hydrogen-bond donors (Lipinski definition) is 1. The van der Waals surface area contributed by atoms with Gasteiger partial charge in [0, 0.05) is 0 Å². The molecular weight excluding hydrogens is 314 g/mol. The van der Waals surface area contributed by atoms with E-state index >= 15 is 0 Å². The summed E-state index contributed by atoms with van der Waals surface area (Å²) in [6.45, 7) is 0. The molecule has 2 aromatic rings. The van der Waals surface area contributed by atoms with Crippen molar-refractivity contribution in [1.29, 1.82) is 0 Å². The Morgan fingerprint density at radius 1 is 1.35 bits per heavy atom. The molecule has 23 heavy (non-hydrogen) atoms. The van der Waals surface area contributed by atoms with Crippen molar-refractivity contribution in [3.05, 3.63) is 54.0 Å². The van der Waals surface area contributed by atoms with E-state index in [1.807, 2.05) is 24.3 Å². The van der Waals surface area contributed by atoms with E-state index < -0.39 is 0 Å². The molecular formula is C16H15N3O3S. The topological polar surface area (TPSA) is 76.2 Å². The average Bonchev–Trinajstić information content (AvgIpc) is 3.19. The summed E-state index contributed by atoms with van der Waals surface area (Å²) >= 11 is 1.37. The van der Waals surface area contributed by atoms with Gasteiger partial charge in [-0.25, -0.2) is 0 Å². The number of methoxy groups -OCH3 is 1. The summed E-state index contributed by atoms with van der Waals surface area (Å²) in [5, 5.41) is 10.9. The maximum Gasteiger partial charge on any atom is 0.239 e. The number of carbonyl (C=O) groups is 1. The fraction of sp³-hybridized carbons (Fsp3) is 0.188. The highest BCUT2D eigenvalue weighted by Crippen LogP contribution is 2.24. The molecule has 0 bridgehead atoms. The Morgan fingerprint density at radius 3 is 2.87 bits per heavy atom. The molecule has 1 N–H and O–H groups in total. The van der Waals surface area contributed by atoms with Crippen molar-refractivity contribution in [3.63, 3.8) is 0 Å². The molecule has 1 aromatic heterocycles. The van der Waals surface area contributed by atoms with E-state index in [2.05, 4.69) is 15.5 Å². The standard InChI is InChI=1S/C16H15N3O3S/c1-21-12-6-4-11(5-7-12)9-14-15(20)18-16(23-14)19-17-10-13-3-2-8-22-13/h2-8,10,14H,9H2,1H3,(H,18,19,20). The number of nitrogens with zero attached hydrogens (tertiary/aromatic N) is 2. The van der Waals surface area contributed by atoms with Crippen molar-refractivity contribution in [2.24, 2.45) is 10.2 Å². The number of hydrogen-bond acceptors (Lipinski definition) is 6. The quantitative estimate of drug-likeness (QED) is 0.675. The number of thioether (sulfide) groups is 1. The maximum absolute atomic E-state index is 12.0. The number of ether oxygens (including phenoxy) is 1. The lowest BCUT2D eigenvalue weighted by atomic mass is 10.1. The van der Waals surface area contributed by atoms with Crippen LogP contribution < -0.4 is 10.1 Å². The van der Waals surface area contributed by atoms with Crippen LogP contribution in [0.4, 0.5) is 0 Å². The molecule has 0 spiro atoms. The molecule has 0 saturated carbocycles. The van der Waals surface area contributed by atoms with Crippen molar-refractivity contribution in [2.75, 3.05) is 7.11 Å². The van der Waals surface area contributed by atoms with Gasteiger partial charge in [-0.3, -0.25) is 4.79 Å². The Labute approximate surface area is 137 Å². The Balaban J connectivity index is 1.60. The van der Waals surface area contributed by atoms with E-state index in [1.165, 1.54) is 18.0 Å². The molecule has 6 nitrogen and oxygen atoms in total. The molecule has 1 fully saturated rings. The molecule has 1 aliphatic rings. The van der Waals surface area contributed by atoms with Gasteiger partial charge >= 0.3 is 0 Å². The van der Waals surface area contributed by atoms with Gasteiger partial charge in [0.25, 0.3) is 0 Å². The van der Waals surface area contributed by atoms with Gasteiger partial charge in [-0.05, 0) is 36.2 Å². The molecule has 118 valence electrons. The summed E-state index contributed by atoms with van der Waals surface area (Å²) in [4.78, 5) is 12.0. The third kappa shape index (κ3) is 4.01. The summed E-state index contributed by atoms with van der Waals surface area (Å²) in [5.41, 5.74) is 1.07. The molecule has 1 saturated heterocycles. The second kappa shape index (κ2) is 7.15. The zero-order valence-electron chi connectivity index (χ0n) is 12.4. The SMILES string of the molecule is COc1ccc(CC2SC(=NN=Cc3ccco3)NC2=O)cc1. The second-order valence-corrected chi connectivity index (χ2v) is 6.00. The zero-order valence-corrected chi connectivity index (χ0v) is 13.2. The number of amides is 1. The average molecular weight is 329 g/mol. The fourth-order valence-electron chi connectivity index (χ4n) is 2.07. The van der Waals surface area contributed by atoms with E-state index in [0.29, 0.717) is 17.3 Å². The fourth-order valence-corrected chi connectivity index (χ4v) is 3.03. The Kier molecular flexibility index (Phi) is 4.77. The third-order valence-electron chi connectivity index (χ3n) is 3.23. The zero-order chi connectivity index (χ0) is 16.1. The van der Waals surface area contributed by atoms with Crippen LogP contribution in [0.5, 0.6) is 5.75 Å². The molecule has 1 atom stereocenters. The lowest BCUT2D eigenvalue weighted by molar-refractivity contribution is -0.118. The van der Waals surface area contributed by atoms with Gasteiger partial charge in [0.05, 0.1) is 24.8 Å². The highest BCUT2D eigenvalue weighted by Gasteiger charge is 2.30. The van der Waals surface area contributed by atoms with Crippen LogP contribution in [0.3, 0.4) is 0 Å². The van der Waals surface area contributed by atoms with E-state index in [-0.39, 0.29) is 11.2 Å². The minimum Gasteiger partial charge on any atom is -0.497 e. The van der Waals surface area contributed by atoms with Crippen molar-refractivity contribution in [2.45, 2.75) is 11.7 Å². The number of carbonyl (C=O) groups excluding carboxylic acids is 1. The lowest BCUT2D eigenvalue weighted by Crippen LogP contribution is -2.25. The van der Waals surface area contributed by atoms with Crippen molar-refractivity contribution in [1.82, 2.24) is 5.32 Å². The van der Waals surface area contributed by atoms with E-state index in [1.54, 1.807) is 25.5 Å². The summed E-state index contributed by atoms with van der Waals surface area (Å²) in [6, 6.07) is 11.2. The summed E-state index contributed by atoms with van der Waals surface area (Å²) in [5.74, 6) is 1.35. The minimum atomic E-state index is -0.207. The summed E-state index contributed by atoms with van der Waals surface area (Å²) in [6.07, 6.45) is 3.68. The van der Waals surface area contributed by atoms with Gasteiger partial charge in [-0.1, -0.05) is 23.9 Å². The maximum atomic E-state index is 12.0. The Hall–Kier alpha value is -2.54. The molecule has 2 heterocycles. The van der Waals surface area contributed by atoms with Crippen LogP contribution in [0.1, 0.15) is 11.3 Å². The van der Waals surface area contributed by atoms with Crippen LogP contribution in [0.15, 0.2) is 57.3 Å². The number of benzene rings is 1. The van der Waals surface area contributed by atoms with Gasteiger partial charge in [0.15, 0.2) is 5.17 Å². The van der Waals surface area contributed by atoms with Crippen LogP contribution in [0.25, 0.3) is 0 Å². The summed E-state index contributed by atoms with van der Waals surface area (Å²) in [7, 11) is 1.63. The number of rotatable bonds is 5. The number of nitrogens with one attached hydrogen (secondary N) is 1. The predicted molar refractivity (Wildman–Crippen MR) is 90.0 cm³/mol. The van der Waals surface area contributed by atoms with Crippen LogP contribution in [0.2, 0.25) is 0 Å². The van der Waals surface area contributed by atoms with Gasteiger partial charge in [-0.2, -0.15) is 5.10 Å². The highest BCUT2D eigenvalue weighted by atomic mass is 32.2. The molecule has 1 unspecified atom stereocenters. The van der Waals surface area contributed by atoms with E-state index in [9.17, 15) is 4.79 Å². The molecule has 1 aliphatic heterocycles. The van der Waals surface area contributed by atoms with Crippen LogP contribution in [-0.2, 0) is 11.2 Å². The van der Waals surface area contributed by atoms with Crippen molar-refractivity contribution >= 4 is 29.1 Å². The van der Waals surface area contributed by atoms with Gasteiger partial charge < -0.3 is 14.5 Å². The van der Waals surface area contributed by atoms with Crippen molar-refractivity contribution < 1.29 is 13.9 Å².